The van der Waals surface area contributed by atoms with E-state index in [1.165, 1.54) is 6.07 Å². The average molecular weight is 288 g/mol. The van der Waals surface area contributed by atoms with Crippen LogP contribution in [0.15, 0.2) is 10.7 Å². The summed E-state index contributed by atoms with van der Waals surface area (Å²) in [4.78, 5) is 25.6. The minimum Gasteiger partial charge on any atom is -0.462 e. The third-order valence-electron chi connectivity index (χ3n) is 1.71. The van der Waals surface area contributed by atoms with Gasteiger partial charge in [-0.3, -0.25) is 10.2 Å². The van der Waals surface area contributed by atoms with E-state index >= 15 is 0 Å². The molecule has 0 bridgehead atoms. The van der Waals surface area contributed by atoms with Crippen molar-refractivity contribution in [2.75, 3.05) is 6.61 Å². The van der Waals surface area contributed by atoms with E-state index in [1.54, 1.807) is 6.92 Å². The molecule has 1 aromatic rings. The van der Waals surface area contributed by atoms with Crippen LogP contribution in [0.1, 0.15) is 27.8 Å². The molecule has 0 saturated carbocycles. The highest BCUT2D eigenvalue weighted by atomic mass is 79.9. The van der Waals surface area contributed by atoms with Crippen LogP contribution < -0.4 is 5.32 Å². The highest BCUT2D eigenvalue weighted by Crippen LogP contribution is 2.16. The highest BCUT2D eigenvalue weighted by molar-refractivity contribution is 9.10. The van der Waals surface area contributed by atoms with Crippen LogP contribution in [-0.2, 0) is 4.74 Å². The fourth-order valence-corrected chi connectivity index (χ4v) is 1.54. The number of carbonyl (C=O) groups excluding carboxylic acids is 2. The maximum Gasteiger partial charge on any atom is 0.340 e. The van der Waals surface area contributed by atoms with Crippen molar-refractivity contribution in [3.8, 4) is 0 Å². The Morgan fingerprint density at radius 2 is 2.38 bits per heavy atom. The van der Waals surface area contributed by atoms with Gasteiger partial charge < -0.3 is 15.0 Å². The van der Waals surface area contributed by atoms with E-state index in [0.29, 0.717) is 4.60 Å². The largest absolute Gasteiger partial charge is 0.462 e. The number of hydrogen-bond acceptors (Lipinski definition) is 4. The molecule has 16 heavy (non-hydrogen) atoms. The second kappa shape index (κ2) is 5.45. The van der Waals surface area contributed by atoms with Crippen molar-refractivity contribution < 1.29 is 14.3 Å². The summed E-state index contributed by atoms with van der Waals surface area (Å²) >= 11 is 3.12. The molecule has 0 unspecified atom stereocenters. The van der Waals surface area contributed by atoms with Crippen LogP contribution in [0.4, 0.5) is 0 Å². The summed E-state index contributed by atoms with van der Waals surface area (Å²) in [5, 5.41) is 8.90. The Balaban J connectivity index is 3.04. The Bertz CT molecular complexity index is 428. The van der Waals surface area contributed by atoms with Crippen LogP contribution in [0.2, 0.25) is 0 Å². The zero-order valence-electron chi connectivity index (χ0n) is 8.46. The Morgan fingerprint density at radius 3 is 2.94 bits per heavy atom. The number of nitrogens with one attached hydrogen (secondary N) is 3. The number of hydrogen-bond donors (Lipinski definition) is 3. The second-order valence-corrected chi connectivity index (χ2v) is 3.60. The molecule has 1 amide bonds. The van der Waals surface area contributed by atoms with Gasteiger partial charge in [0.05, 0.1) is 23.1 Å². The first-order valence-electron chi connectivity index (χ1n) is 4.45. The van der Waals surface area contributed by atoms with Crippen molar-refractivity contribution in [2.45, 2.75) is 6.92 Å². The quantitative estimate of drug-likeness (QED) is 0.442. The van der Waals surface area contributed by atoms with Gasteiger partial charge in [0.2, 0.25) is 0 Å². The number of halogens is 1. The van der Waals surface area contributed by atoms with Gasteiger partial charge in [0.25, 0.3) is 5.91 Å². The predicted octanol–water partition coefficient (Wildman–Crippen LogP) is 1.29. The topological polar surface area (TPSA) is 95.0 Å². The summed E-state index contributed by atoms with van der Waals surface area (Å²) in [6, 6.07) is 1.46. The molecule has 1 rings (SSSR count). The first-order valence-corrected chi connectivity index (χ1v) is 5.24. The van der Waals surface area contributed by atoms with Crippen LogP contribution in [0.25, 0.3) is 0 Å². The van der Waals surface area contributed by atoms with Gasteiger partial charge in [0.1, 0.15) is 5.69 Å². The van der Waals surface area contributed by atoms with E-state index in [4.69, 9.17) is 10.1 Å². The minimum absolute atomic E-state index is 0.0637. The molecule has 1 aromatic heterocycles. The van der Waals surface area contributed by atoms with Gasteiger partial charge in [0.15, 0.2) is 0 Å². The number of carbonyl (C=O) groups is 2. The van der Waals surface area contributed by atoms with Crippen molar-refractivity contribution in [3.05, 3.63) is 21.9 Å². The molecule has 1 heterocycles. The average Bonchev–Trinajstić information content (AvgIpc) is 2.61. The monoisotopic (exact) mass is 287 g/mol. The molecule has 7 heteroatoms. The fraction of sp³-hybridized carbons (Fsp3) is 0.222. The van der Waals surface area contributed by atoms with Gasteiger partial charge in [-0.25, -0.2) is 4.79 Å². The molecule has 6 nitrogen and oxygen atoms in total. The van der Waals surface area contributed by atoms with Crippen molar-refractivity contribution in [2.24, 2.45) is 0 Å². The number of H-pyrrole nitrogens is 1. The molecule has 0 fully saturated rings. The normalized spacial score (nSPS) is 9.62. The number of amides is 1. The molecule has 86 valence electrons. The molecule has 3 N–H and O–H groups in total. The smallest absolute Gasteiger partial charge is 0.340 e. The van der Waals surface area contributed by atoms with Gasteiger partial charge in [-0.1, -0.05) is 0 Å². The zero-order chi connectivity index (χ0) is 12.1. The van der Waals surface area contributed by atoms with E-state index in [0.717, 1.165) is 6.34 Å². The molecule has 0 saturated heterocycles. The molecular weight excluding hydrogens is 278 g/mol. The summed E-state index contributed by atoms with van der Waals surface area (Å²) in [7, 11) is 0. The first kappa shape index (κ1) is 12.4. The van der Waals surface area contributed by atoms with Crippen molar-refractivity contribution >= 4 is 34.1 Å². The number of esters is 1. The Labute approximate surface area is 100 Å². The molecular formula is C9H10BrN3O3. The van der Waals surface area contributed by atoms with Crippen molar-refractivity contribution in [1.29, 1.82) is 5.41 Å². The van der Waals surface area contributed by atoms with Crippen LogP contribution >= 0.6 is 15.9 Å². The number of ether oxygens (including phenoxy) is 1. The van der Waals surface area contributed by atoms with E-state index < -0.39 is 11.9 Å². The van der Waals surface area contributed by atoms with Crippen LogP contribution in [0, 0.1) is 5.41 Å². The Hall–Kier alpha value is -1.63. The summed E-state index contributed by atoms with van der Waals surface area (Å²) in [6.07, 6.45) is 0.742. The van der Waals surface area contributed by atoms with Gasteiger partial charge >= 0.3 is 5.97 Å². The third kappa shape index (κ3) is 2.69. The maximum absolute atomic E-state index is 11.5. The van der Waals surface area contributed by atoms with Crippen LogP contribution in [0.5, 0.6) is 0 Å². The SMILES string of the molecule is CCOC(=O)c1cc(Br)[nH]c1C(=O)NC=N. The Kier molecular flexibility index (Phi) is 4.24. The molecule has 0 aliphatic rings. The number of aromatic amines is 1. The standard InChI is InChI=1S/C9H10BrN3O3/c1-2-16-9(15)5-3-6(10)13-7(5)8(14)12-4-11/h3-4,13H,2H2,1H3,(H2,11,12,14). The molecule has 0 radical (unpaired) electrons. The molecule has 0 aliphatic heterocycles. The first-order chi connectivity index (χ1) is 7.60. The lowest BCUT2D eigenvalue weighted by Crippen LogP contribution is -2.23. The lowest BCUT2D eigenvalue weighted by Gasteiger charge is -2.02. The summed E-state index contributed by atoms with van der Waals surface area (Å²) < 4.78 is 5.28. The minimum atomic E-state index is -0.584. The lowest BCUT2D eigenvalue weighted by atomic mass is 10.2. The van der Waals surface area contributed by atoms with E-state index in [2.05, 4.69) is 26.2 Å². The molecule has 0 aliphatic carbocycles. The Morgan fingerprint density at radius 1 is 1.69 bits per heavy atom. The molecule has 0 atom stereocenters. The second-order valence-electron chi connectivity index (χ2n) is 2.74. The zero-order valence-corrected chi connectivity index (χ0v) is 10.1. The van der Waals surface area contributed by atoms with Gasteiger partial charge in [0, 0.05) is 0 Å². The van der Waals surface area contributed by atoms with Crippen LogP contribution in [-0.4, -0.2) is 29.8 Å². The predicted molar refractivity (Wildman–Crippen MR) is 60.7 cm³/mol. The summed E-state index contributed by atoms with van der Waals surface area (Å²) in [5.41, 5.74) is 0.196. The van der Waals surface area contributed by atoms with E-state index in [9.17, 15) is 9.59 Å². The maximum atomic E-state index is 11.5. The third-order valence-corrected chi connectivity index (χ3v) is 2.14. The number of rotatable bonds is 4. The summed E-state index contributed by atoms with van der Waals surface area (Å²) in [6.45, 7) is 1.91. The van der Waals surface area contributed by atoms with Gasteiger partial charge in [-0.05, 0) is 28.9 Å². The van der Waals surface area contributed by atoms with Crippen molar-refractivity contribution in [1.82, 2.24) is 10.3 Å². The van der Waals surface area contributed by atoms with Crippen LogP contribution in [0.3, 0.4) is 0 Å². The van der Waals surface area contributed by atoms with Gasteiger partial charge in [-0.15, -0.1) is 0 Å². The van der Waals surface area contributed by atoms with E-state index in [1.807, 2.05) is 0 Å². The van der Waals surface area contributed by atoms with Crippen molar-refractivity contribution in [3.63, 3.8) is 0 Å². The molecule has 0 spiro atoms. The fourth-order valence-electron chi connectivity index (χ4n) is 1.11. The van der Waals surface area contributed by atoms with Gasteiger partial charge in [-0.2, -0.15) is 0 Å². The summed E-state index contributed by atoms with van der Waals surface area (Å²) in [5.74, 6) is -1.15. The molecule has 0 aromatic carbocycles. The highest BCUT2D eigenvalue weighted by Gasteiger charge is 2.20. The lowest BCUT2D eigenvalue weighted by molar-refractivity contribution is 0.0523. The van der Waals surface area contributed by atoms with E-state index in [-0.39, 0.29) is 17.9 Å². The number of aromatic nitrogens is 1.